The van der Waals surface area contributed by atoms with E-state index < -0.39 is 40.7 Å². The van der Waals surface area contributed by atoms with Gasteiger partial charge in [-0.05, 0) is 99.1 Å². The molecule has 0 saturated carbocycles. The second kappa shape index (κ2) is 17.3. The Balaban J connectivity index is 1.00. The third kappa shape index (κ3) is 9.36. The van der Waals surface area contributed by atoms with Crippen molar-refractivity contribution in [1.82, 2.24) is 15.1 Å². The lowest BCUT2D eigenvalue weighted by atomic mass is 10.0. The van der Waals surface area contributed by atoms with E-state index >= 15 is 0 Å². The summed E-state index contributed by atoms with van der Waals surface area (Å²) in [6.07, 6.45) is -3.62. The molecule has 0 bridgehead atoms. The molecule has 3 aliphatic rings. The quantitative estimate of drug-likeness (QED) is 0.156. The number of benzene rings is 3. The number of thiocarbonyl (C=S) groups is 1. The maximum Gasteiger partial charge on any atom is 0.417 e. The molecule has 3 saturated heterocycles. The number of piperazine rings is 1. The lowest BCUT2D eigenvalue weighted by molar-refractivity contribution is -0.138. The molecule has 1 atom stereocenters. The van der Waals surface area contributed by atoms with E-state index in [2.05, 4.69) is 25.8 Å². The van der Waals surface area contributed by atoms with Crippen LogP contribution < -0.4 is 30.5 Å². The van der Waals surface area contributed by atoms with E-state index in [0.29, 0.717) is 66.9 Å². The largest absolute Gasteiger partial charge is 0.492 e. The van der Waals surface area contributed by atoms with E-state index in [-0.39, 0.29) is 35.6 Å². The molecule has 3 heterocycles. The smallest absolute Gasteiger partial charge is 0.417 e. The number of nitrogens with zero attached hydrogens (tertiary/aromatic N) is 5. The molecule has 13 nitrogen and oxygen atoms in total. The highest BCUT2D eigenvalue weighted by molar-refractivity contribution is 7.81. The Morgan fingerprint density at radius 2 is 1.71 bits per heavy atom. The predicted octanol–water partition coefficient (Wildman–Crippen LogP) is 5.56. The number of nitrogens with one attached hydrogen (secondary N) is 3. The first-order valence-corrected chi connectivity index (χ1v) is 19.5. The molecule has 3 aromatic rings. The number of aryl methyl sites for hydroxylation is 1. The highest BCUT2D eigenvalue weighted by Crippen LogP contribution is 2.40. The van der Waals surface area contributed by atoms with Gasteiger partial charge in [0.05, 0.1) is 29.4 Å². The second-order valence-electron chi connectivity index (χ2n) is 14.7. The number of rotatable bonds is 12. The van der Waals surface area contributed by atoms with Gasteiger partial charge >= 0.3 is 6.18 Å². The van der Waals surface area contributed by atoms with Gasteiger partial charge in [0.1, 0.15) is 23.9 Å². The maximum absolute atomic E-state index is 13.8. The Bertz CT molecular complexity index is 2170. The Kier molecular flexibility index (Phi) is 12.6. The number of hydrogen-bond donors (Lipinski definition) is 3. The second-order valence-corrected chi connectivity index (χ2v) is 15.5. The highest BCUT2D eigenvalue weighted by Gasteiger charge is 2.51. The zero-order valence-electron chi connectivity index (χ0n) is 32.0. The zero-order chi connectivity index (χ0) is 41.9. The third-order valence-corrected chi connectivity index (χ3v) is 10.9. The van der Waals surface area contributed by atoms with Gasteiger partial charge in [0, 0.05) is 61.2 Å². The summed E-state index contributed by atoms with van der Waals surface area (Å²) in [5.41, 5.74) is -0.531. The molecule has 3 aliphatic heterocycles. The summed E-state index contributed by atoms with van der Waals surface area (Å²) in [7, 11) is 0. The van der Waals surface area contributed by atoms with E-state index in [1.54, 1.807) is 55.1 Å². The molecule has 0 radical (unpaired) electrons. The van der Waals surface area contributed by atoms with Gasteiger partial charge < -0.3 is 20.3 Å². The monoisotopic (exact) mass is 838 g/mol. The molecule has 4 amide bonds. The summed E-state index contributed by atoms with van der Waals surface area (Å²) in [4.78, 5) is 57.3. The normalized spacial score (nSPS) is 18.9. The fourth-order valence-electron chi connectivity index (χ4n) is 7.22. The molecule has 0 spiro atoms. The average molecular weight is 839 g/mol. The number of imide groups is 1. The minimum atomic E-state index is -4.80. The van der Waals surface area contributed by atoms with E-state index in [4.69, 9.17) is 28.6 Å². The molecule has 0 aliphatic carbocycles. The van der Waals surface area contributed by atoms with Crippen molar-refractivity contribution in [2.24, 2.45) is 0 Å². The van der Waals surface area contributed by atoms with Crippen LogP contribution in [0.15, 0.2) is 54.6 Å². The van der Waals surface area contributed by atoms with Crippen molar-refractivity contribution >= 4 is 75.3 Å². The van der Waals surface area contributed by atoms with Crippen LogP contribution in [-0.4, -0.2) is 96.0 Å². The average Bonchev–Trinajstić information content (AvgIpc) is 3.34. The van der Waals surface area contributed by atoms with Crippen LogP contribution in [0.4, 0.5) is 35.9 Å². The number of carbonyl (C=O) groups excluding carboxylic acids is 4. The fourth-order valence-corrected chi connectivity index (χ4v) is 7.98. The van der Waals surface area contributed by atoms with E-state index in [0.717, 1.165) is 35.7 Å². The number of nitriles is 1. The lowest BCUT2D eigenvalue weighted by Crippen LogP contribution is -2.49. The van der Waals surface area contributed by atoms with Crippen LogP contribution in [0.25, 0.3) is 0 Å². The number of amides is 4. The number of halogens is 4. The van der Waals surface area contributed by atoms with Crippen molar-refractivity contribution in [3.05, 3.63) is 76.3 Å². The number of alkyl halides is 3. The molecule has 1 unspecified atom stereocenters. The van der Waals surface area contributed by atoms with E-state index in [9.17, 15) is 37.6 Å². The first-order valence-electron chi connectivity index (χ1n) is 18.7. The summed E-state index contributed by atoms with van der Waals surface area (Å²) in [6, 6.07) is 14.5. The van der Waals surface area contributed by atoms with Gasteiger partial charge in [-0.25, -0.2) is 0 Å². The van der Waals surface area contributed by atoms with Gasteiger partial charge in [-0.2, -0.15) is 18.4 Å². The summed E-state index contributed by atoms with van der Waals surface area (Å²) in [5, 5.41) is 17.9. The fraction of sp³-hybridized carbons (Fsp3) is 0.400. The number of anilines is 4. The minimum absolute atomic E-state index is 0.0121. The van der Waals surface area contributed by atoms with Crippen LogP contribution in [0.5, 0.6) is 5.75 Å². The molecule has 306 valence electrons. The van der Waals surface area contributed by atoms with Gasteiger partial charge in [-0.1, -0.05) is 18.5 Å². The van der Waals surface area contributed by atoms with Gasteiger partial charge in [0.15, 0.2) is 5.11 Å². The number of carbonyl (C=O) groups is 4. The van der Waals surface area contributed by atoms with Crippen molar-refractivity contribution in [3.63, 3.8) is 0 Å². The van der Waals surface area contributed by atoms with Crippen LogP contribution in [-0.2, 0) is 31.8 Å². The molecular weight excluding hydrogens is 797 g/mol. The molecular formula is C40H42ClF3N8O5S. The predicted molar refractivity (Wildman–Crippen MR) is 217 cm³/mol. The third-order valence-electron chi connectivity index (χ3n) is 10.3. The Hall–Kier alpha value is -5.28. The van der Waals surface area contributed by atoms with Crippen LogP contribution >= 0.6 is 23.8 Å². The Morgan fingerprint density at radius 3 is 2.38 bits per heavy atom. The number of ether oxygens (including phenoxy) is 1. The van der Waals surface area contributed by atoms with Crippen molar-refractivity contribution in [1.29, 1.82) is 5.26 Å². The first-order chi connectivity index (χ1) is 27.5. The molecule has 18 heteroatoms. The highest BCUT2D eigenvalue weighted by atomic mass is 35.5. The van der Waals surface area contributed by atoms with Crippen molar-refractivity contribution in [2.75, 3.05) is 66.3 Å². The number of hydrogen-bond acceptors (Lipinski definition) is 10. The lowest BCUT2D eigenvalue weighted by Gasteiger charge is -2.34. The molecule has 6 rings (SSSR count). The topological polar surface area (TPSA) is 150 Å². The SMILES string of the molecule is CCc1cc(N2C(=S)N(c3ccc(C#N)c(C(F)(F)F)c3)C(=O)C2(C)C)ccc1OCCN1CCN(CC(=O)Nc2cc(Cl)cc(NC3CCC(=O)NC3=O)c2)CC1. The van der Waals surface area contributed by atoms with E-state index in [1.807, 2.05) is 13.0 Å². The molecule has 3 N–H and O–H groups in total. The van der Waals surface area contributed by atoms with Crippen LogP contribution in [0.2, 0.25) is 5.02 Å². The standard InChI is InChI=1S/C40H42ClF3N8O5S/c1-4-24-17-30(52-38(58)51(37(56)39(52,2)3)29-6-5-25(22-45)31(21-29)40(42,43)44)7-9-33(24)57-16-15-49-11-13-50(14-12-49)23-35(54)47-28-19-26(41)18-27(20-28)46-32-8-10-34(53)48-36(32)55/h5-7,9,17-21,32,46H,4,8,10-16,23H2,1-3H3,(H,47,54)(H,48,53,55). The summed E-state index contributed by atoms with van der Waals surface area (Å²) in [6.45, 7) is 9.28. The van der Waals surface area contributed by atoms with Crippen LogP contribution in [0.1, 0.15) is 50.3 Å². The van der Waals surface area contributed by atoms with Gasteiger partial charge in [-0.3, -0.25) is 39.2 Å². The first kappa shape index (κ1) is 42.3. The zero-order valence-corrected chi connectivity index (χ0v) is 33.6. The molecule has 3 fully saturated rings. The van der Waals surface area contributed by atoms with Gasteiger partial charge in [0.2, 0.25) is 17.7 Å². The van der Waals surface area contributed by atoms with E-state index in [1.165, 1.54) is 6.07 Å². The van der Waals surface area contributed by atoms with Gasteiger partial charge in [0.25, 0.3) is 5.91 Å². The van der Waals surface area contributed by atoms with Gasteiger partial charge in [-0.15, -0.1) is 0 Å². The van der Waals surface area contributed by atoms with Crippen LogP contribution in [0.3, 0.4) is 0 Å². The summed E-state index contributed by atoms with van der Waals surface area (Å²) < 4.78 is 47.5. The van der Waals surface area contributed by atoms with Crippen molar-refractivity contribution in [2.45, 2.75) is 57.8 Å². The summed E-state index contributed by atoms with van der Waals surface area (Å²) >= 11 is 12.0. The van der Waals surface area contributed by atoms with Crippen molar-refractivity contribution < 1.29 is 37.1 Å². The van der Waals surface area contributed by atoms with Crippen LogP contribution in [0, 0.1) is 11.3 Å². The summed E-state index contributed by atoms with van der Waals surface area (Å²) in [5.74, 6) is -0.774. The molecule has 58 heavy (non-hydrogen) atoms. The molecule has 3 aromatic carbocycles. The van der Waals surface area contributed by atoms with Crippen molar-refractivity contribution in [3.8, 4) is 11.8 Å². The molecule has 0 aromatic heterocycles. The Morgan fingerprint density at radius 1 is 1.02 bits per heavy atom. The minimum Gasteiger partial charge on any atom is -0.492 e. The Labute approximate surface area is 344 Å². The maximum atomic E-state index is 13.8. The number of piperidine rings is 1.